The van der Waals surface area contributed by atoms with Gasteiger partial charge in [0.15, 0.2) is 0 Å². The maximum Gasteiger partial charge on any atom is 0.242 e. The van der Waals surface area contributed by atoms with Gasteiger partial charge < -0.3 is 4.98 Å². The van der Waals surface area contributed by atoms with Crippen LogP contribution in [-0.2, 0) is 16.4 Å². The molecule has 0 bridgehead atoms. The number of halogens is 1. The van der Waals surface area contributed by atoms with E-state index in [1.54, 1.807) is 31.3 Å². The van der Waals surface area contributed by atoms with Gasteiger partial charge in [-0.15, -0.1) is 0 Å². The van der Waals surface area contributed by atoms with Crippen LogP contribution in [0.1, 0.15) is 5.56 Å². The summed E-state index contributed by atoms with van der Waals surface area (Å²) < 4.78 is 27.4. The first-order valence-electron chi connectivity index (χ1n) is 7.25. The summed E-state index contributed by atoms with van der Waals surface area (Å²) in [4.78, 5) is 3.52. The number of fused-ring (bicyclic) bond motifs is 1. The topological polar surface area (TPSA) is 53.2 Å². The minimum Gasteiger partial charge on any atom is -0.361 e. The van der Waals surface area contributed by atoms with Crippen molar-refractivity contribution in [3.8, 4) is 0 Å². The summed E-state index contributed by atoms with van der Waals surface area (Å²) in [6.45, 7) is 0.431. The SMILES string of the molecule is CN(CCc1c[nH]c2ccccc12)S(=O)(=O)c1ccc(Br)cc1. The zero-order valence-electron chi connectivity index (χ0n) is 12.7. The molecule has 6 heteroatoms. The number of H-pyrrole nitrogens is 1. The van der Waals surface area contributed by atoms with Crippen molar-refractivity contribution < 1.29 is 8.42 Å². The van der Waals surface area contributed by atoms with Crippen LogP contribution in [0.25, 0.3) is 10.9 Å². The maximum atomic E-state index is 12.6. The average Bonchev–Trinajstić information content (AvgIpc) is 2.96. The molecule has 0 saturated heterocycles. The number of likely N-dealkylation sites (N-methyl/N-ethyl adjacent to an activating group) is 1. The van der Waals surface area contributed by atoms with Gasteiger partial charge in [-0.25, -0.2) is 12.7 Å². The van der Waals surface area contributed by atoms with Gasteiger partial charge in [-0.1, -0.05) is 34.1 Å². The summed E-state index contributed by atoms with van der Waals surface area (Å²) >= 11 is 3.32. The first-order chi connectivity index (χ1) is 11.0. The Morgan fingerprint density at radius 3 is 2.52 bits per heavy atom. The zero-order valence-corrected chi connectivity index (χ0v) is 15.1. The Labute approximate surface area is 144 Å². The van der Waals surface area contributed by atoms with E-state index in [9.17, 15) is 8.42 Å². The lowest BCUT2D eigenvalue weighted by molar-refractivity contribution is 0.473. The number of rotatable bonds is 5. The highest BCUT2D eigenvalue weighted by Crippen LogP contribution is 2.21. The Balaban J connectivity index is 1.76. The molecule has 3 rings (SSSR count). The maximum absolute atomic E-state index is 12.6. The number of hydrogen-bond acceptors (Lipinski definition) is 2. The van der Waals surface area contributed by atoms with Gasteiger partial charge in [0.05, 0.1) is 4.90 Å². The fourth-order valence-corrected chi connectivity index (χ4v) is 3.96. The van der Waals surface area contributed by atoms with Crippen molar-refractivity contribution in [3.05, 3.63) is 64.8 Å². The third-order valence-corrected chi connectivity index (χ3v) is 6.29. The lowest BCUT2D eigenvalue weighted by atomic mass is 10.1. The molecule has 0 aliphatic rings. The van der Waals surface area contributed by atoms with Gasteiger partial charge in [0.1, 0.15) is 0 Å². The van der Waals surface area contributed by atoms with E-state index in [4.69, 9.17) is 0 Å². The van der Waals surface area contributed by atoms with Crippen LogP contribution in [0.15, 0.2) is 64.1 Å². The van der Waals surface area contributed by atoms with E-state index in [1.807, 2.05) is 30.5 Å². The number of aromatic nitrogens is 1. The molecule has 0 atom stereocenters. The molecule has 0 aliphatic heterocycles. The third kappa shape index (κ3) is 3.34. The standard InChI is InChI=1S/C17H17BrN2O2S/c1-20(23(21,22)15-8-6-14(18)7-9-15)11-10-13-12-19-17-5-3-2-4-16(13)17/h2-9,12,19H,10-11H2,1H3. The third-order valence-electron chi connectivity index (χ3n) is 3.89. The fourth-order valence-electron chi connectivity index (χ4n) is 2.52. The Morgan fingerprint density at radius 1 is 1.09 bits per heavy atom. The Bertz CT molecular complexity index is 917. The monoisotopic (exact) mass is 392 g/mol. The molecule has 4 nitrogen and oxygen atoms in total. The number of sulfonamides is 1. The normalized spacial score (nSPS) is 12.1. The Kier molecular flexibility index (Phi) is 4.57. The summed E-state index contributed by atoms with van der Waals surface area (Å²) in [6, 6.07) is 14.7. The number of para-hydroxylation sites is 1. The minimum absolute atomic E-state index is 0.308. The van der Waals surface area contributed by atoms with Crippen molar-refractivity contribution in [2.24, 2.45) is 0 Å². The highest BCUT2D eigenvalue weighted by molar-refractivity contribution is 9.10. The average molecular weight is 393 g/mol. The van der Waals surface area contributed by atoms with Gasteiger partial charge in [-0.3, -0.25) is 0 Å². The van der Waals surface area contributed by atoms with E-state index in [2.05, 4.69) is 20.9 Å². The van der Waals surface area contributed by atoms with E-state index < -0.39 is 10.0 Å². The van der Waals surface area contributed by atoms with E-state index in [1.165, 1.54) is 4.31 Å². The molecule has 3 aromatic rings. The van der Waals surface area contributed by atoms with Crippen LogP contribution >= 0.6 is 15.9 Å². The van der Waals surface area contributed by atoms with Gasteiger partial charge in [0, 0.05) is 35.2 Å². The van der Waals surface area contributed by atoms with Crippen molar-refractivity contribution in [3.63, 3.8) is 0 Å². The molecule has 0 radical (unpaired) electrons. The van der Waals surface area contributed by atoms with Crippen LogP contribution in [-0.4, -0.2) is 31.3 Å². The predicted octanol–water partition coefficient (Wildman–Crippen LogP) is 3.79. The molecule has 0 saturated carbocycles. The lowest BCUT2D eigenvalue weighted by Crippen LogP contribution is -2.29. The lowest BCUT2D eigenvalue weighted by Gasteiger charge is -2.17. The second kappa shape index (κ2) is 6.47. The minimum atomic E-state index is -3.46. The number of aromatic amines is 1. The summed E-state index contributed by atoms with van der Waals surface area (Å²) in [6.07, 6.45) is 2.61. The van der Waals surface area contributed by atoms with Crippen LogP contribution in [0.4, 0.5) is 0 Å². The van der Waals surface area contributed by atoms with Crippen LogP contribution in [0, 0.1) is 0 Å². The van der Waals surface area contributed by atoms with Crippen molar-refractivity contribution in [1.29, 1.82) is 0 Å². The molecular weight excluding hydrogens is 376 g/mol. The van der Waals surface area contributed by atoms with Crippen molar-refractivity contribution >= 4 is 36.9 Å². The predicted molar refractivity (Wildman–Crippen MR) is 96.0 cm³/mol. The highest BCUT2D eigenvalue weighted by Gasteiger charge is 2.20. The van der Waals surface area contributed by atoms with Crippen LogP contribution in [0.2, 0.25) is 0 Å². The molecule has 1 aromatic heterocycles. The molecule has 0 unspecified atom stereocenters. The summed E-state index contributed by atoms with van der Waals surface area (Å²) in [7, 11) is -1.84. The van der Waals surface area contributed by atoms with Crippen molar-refractivity contribution in [2.45, 2.75) is 11.3 Å². The highest BCUT2D eigenvalue weighted by atomic mass is 79.9. The first-order valence-corrected chi connectivity index (χ1v) is 9.49. The van der Waals surface area contributed by atoms with E-state index in [0.29, 0.717) is 17.9 Å². The number of nitrogens with one attached hydrogen (secondary N) is 1. The van der Waals surface area contributed by atoms with Gasteiger partial charge >= 0.3 is 0 Å². The number of hydrogen-bond donors (Lipinski definition) is 1. The van der Waals surface area contributed by atoms with E-state index in [-0.39, 0.29) is 0 Å². The Morgan fingerprint density at radius 2 is 1.78 bits per heavy atom. The quantitative estimate of drug-likeness (QED) is 0.717. The Hall–Kier alpha value is -1.63. The summed E-state index contributed by atoms with van der Waals surface area (Å²) in [5.74, 6) is 0. The van der Waals surface area contributed by atoms with Crippen LogP contribution < -0.4 is 0 Å². The van der Waals surface area contributed by atoms with Crippen molar-refractivity contribution in [1.82, 2.24) is 9.29 Å². The van der Waals surface area contributed by atoms with Gasteiger partial charge in [0.2, 0.25) is 10.0 Å². The largest absolute Gasteiger partial charge is 0.361 e. The smallest absolute Gasteiger partial charge is 0.242 e. The molecule has 23 heavy (non-hydrogen) atoms. The van der Waals surface area contributed by atoms with Crippen LogP contribution in [0.5, 0.6) is 0 Å². The molecule has 2 aromatic carbocycles. The second-order valence-corrected chi connectivity index (χ2v) is 8.35. The number of benzene rings is 2. The molecule has 0 aliphatic carbocycles. The molecule has 120 valence electrons. The van der Waals surface area contributed by atoms with Crippen molar-refractivity contribution in [2.75, 3.05) is 13.6 Å². The molecule has 0 fully saturated rings. The molecule has 0 spiro atoms. The van der Waals surface area contributed by atoms with E-state index in [0.717, 1.165) is 20.9 Å². The second-order valence-electron chi connectivity index (χ2n) is 5.39. The molecule has 1 heterocycles. The van der Waals surface area contributed by atoms with Crippen LogP contribution in [0.3, 0.4) is 0 Å². The molecule has 1 N–H and O–H groups in total. The molecular formula is C17H17BrN2O2S. The molecule has 0 amide bonds. The number of nitrogens with zero attached hydrogens (tertiary/aromatic N) is 1. The summed E-state index contributed by atoms with van der Waals surface area (Å²) in [5, 5.41) is 1.14. The fraction of sp³-hybridized carbons (Fsp3) is 0.176. The van der Waals surface area contributed by atoms with E-state index >= 15 is 0 Å². The first kappa shape index (κ1) is 16.2. The van der Waals surface area contributed by atoms with Gasteiger partial charge in [-0.05, 0) is 42.3 Å². The van der Waals surface area contributed by atoms with Gasteiger partial charge in [0.25, 0.3) is 0 Å². The van der Waals surface area contributed by atoms with Gasteiger partial charge in [-0.2, -0.15) is 0 Å². The zero-order chi connectivity index (χ0) is 16.4. The summed E-state index contributed by atoms with van der Waals surface area (Å²) in [5.41, 5.74) is 2.19.